The Morgan fingerprint density at radius 1 is 1.35 bits per heavy atom. The van der Waals surface area contributed by atoms with Crippen LogP contribution in [0.2, 0.25) is 0 Å². The van der Waals surface area contributed by atoms with Crippen LogP contribution in [0.4, 0.5) is 5.69 Å². The second-order valence-corrected chi connectivity index (χ2v) is 10.4. The Kier molecular flexibility index (Phi) is 6.30. The van der Waals surface area contributed by atoms with Gasteiger partial charge in [0.25, 0.3) is 0 Å². The second kappa shape index (κ2) is 8.82. The van der Waals surface area contributed by atoms with Gasteiger partial charge in [-0.15, -0.1) is 11.8 Å². The van der Waals surface area contributed by atoms with Crippen molar-refractivity contribution < 1.29 is 19.1 Å². The van der Waals surface area contributed by atoms with Gasteiger partial charge in [-0.25, -0.2) is 0 Å². The number of hydrogen-bond donors (Lipinski definition) is 1. The third-order valence-corrected chi connectivity index (χ3v) is 8.21. The summed E-state index contributed by atoms with van der Waals surface area (Å²) < 4.78 is 5.75. The molecule has 3 fully saturated rings. The van der Waals surface area contributed by atoms with Gasteiger partial charge in [0.1, 0.15) is 12.6 Å². The summed E-state index contributed by atoms with van der Waals surface area (Å²) in [6.07, 6.45) is 3.02. The largest absolute Gasteiger partial charge is 0.376 e. The summed E-state index contributed by atoms with van der Waals surface area (Å²) in [6, 6.07) is 5.26. The Morgan fingerprint density at radius 2 is 2.16 bits per heavy atom. The predicted octanol–water partition coefficient (Wildman–Crippen LogP) is 2.70. The van der Waals surface area contributed by atoms with E-state index in [9.17, 15) is 14.4 Å². The molecule has 3 saturated heterocycles. The summed E-state index contributed by atoms with van der Waals surface area (Å²) in [6.45, 7) is 7.01. The van der Waals surface area contributed by atoms with Crippen molar-refractivity contribution in [2.24, 2.45) is 0 Å². The van der Waals surface area contributed by atoms with Gasteiger partial charge in [-0.3, -0.25) is 14.4 Å². The Morgan fingerprint density at radius 3 is 2.90 bits per heavy atom. The standard InChI is InChI=1S/C23H31N3O4S/c1-15-6-4-8-18(16(15)2)24-20(27)13-25(12-17-7-5-11-30-17)22(29)19-14-31-23(3)10-9-21(28)26(19)23/h4,6,8,17,19H,5,7,9-14H2,1-3H3,(H,24,27). The van der Waals surface area contributed by atoms with Crippen LogP contribution in [0.1, 0.15) is 43.7 Å². The molecule has 3 aliphatic heterocycles. The van der Waals surface area contributed by atoms with Gasteiger partial charge in [-0.2, -0.15) is 0 Å². The van der Waals surface area contributed by atoms with Crippen LogP contribution in [0.25, 0.3) is 0 Å². The lowest BCUT2D eigenvalue weighted by Crippen LogP contribution is -2.54. The normalized spacial score (nSPS) is 27.5. The van der Waals surface area contributed by atoms with E-state index in [0.717, 1.165) is 36.1 Å². The van der Waals surface area contributed by atoms with Gasteiger partial charge in [0, 0.05) is 31.0 Å². The zero-order valence-corrected chi connectivity index (χ0v) is 19.3. The summed E-state index contributed by atoms with van der Waals surface area (Å²) in [5.74, 6) is 0.212. The highest BCUT2D eigenvalue weighted by Gasteiger charge is 2.53. The van der Waals surface area contributed by atoms with Crippen molar-refractivity contribution in [3.63, 3.8) is 0 Å². The van der Waals surface area contributed by atoms with E-state index in [0.29, 0.717) is 25.3 Å². The van der Waals surface area contributed by atoms with Crippen molar-refractivity contribution in [1.29, 1.82) is 0 Å². The third-order valence-electron chi connectivity index (χ3n) is 6.70. The summed E-state index contributed by atoms with van der Waals surface area (Å²) in [7, 11) is 0. The van der Waals surface area contributed by atoms with E-state index >= 15 is 0 Å². The SMILES string of the molecule is Cc1cccc(NC(=O)CN(CC2CCCO2)C(=O)C2CSC3(C)CCC(=O)N23)c1C. The van der Waals surface area contributed by atoms with Gasteiger partial charge >= 0.3 is 0 Å². The Balaban J connectivity index is 1.50. The number of carbonyl (C=O) groups excluding carboxylic acids is 3. The lowest BCUT2D eigenvalue weighted by Gasteiger charge is -2.33. The number of nitrogens with zero attached hydrogens (tertiary/aromatic N) is 2. The number of thioether (sulfide) groups is 1. The molecular formula is C23H31N3O4S. The van der Waals surface area contributed by atoms with Crippen LogP contribution in [0.15, 0.2) is 18.2 Å². The first-order chi connectivity index (χ1) is 14.8. The Labute approximate surface area is 187 Å². The zero-order chi connectivity index (χ0) is 22.2. The Bertz CT molecular complexity index is 886. The number of ether oxygens (including phenoxy) is 1. The van der Waals surface area contributed by atoms with Crippen molar-refractivity contribution in [3.05, 3.63) is 29.3 Å². The van der Waals surface area contributed by atoms with Crippen molar-refractivity contribution in [3.8, 4) is 0 Å². The molecule has 1 aromatic rings. The zero-order valence-electron chi connectivity index (χ0n) is 18.5. The highest BCUT2D eigenvalue weighted by molar-refractivity contribution is 8.01. The minimum Gasteiger partial charge on any atom is -0.376 e. The molecule has 3 heterocycles. The van der Waals surface area contributed by atoms with Gasteiger partial charge in [-0.05, 0) is 57.2 Å². The molecule has 0 spiro atoms. The molecule has 0 bridgehead atoms. The number of amides is 3. The van der Waals surface area contributed by atoms with Gasteiger partial charge in [0.15, 0.2) is 0 Å². The van der Waals surface area contributed by atoms with Gasteiger partial charge < -0.3 is 19.9 Å². The van der Waals surface area contributed by atoms with E-state index in [1.54, 1.807) is 21.6 Å². The average molecular weight is 446 g/mol. The number of hydrogen-bond acceptors (Lipinski definition) is 5. The summed E-state index contributed by atoms with van der Waals surface area (Å²) >= 11 is 1.67. The number of benzene rings is 1. The predicted molar refractivity (Wildman–Crippen MR) is 121 cm³/mol. The molecule has 168 valence electrons. The van der Waals surface area contributed by atoms with Crippen LogP contribution in [0, 0.1) is 13.8 Å². The molecule has 3 atom stereocenters. The van der Waals surface area contributed by atoms with E-state index in [4.69, 9.17) is 4.74 Å². The second-order valence-electron chi connectivity index (χ2n) is 8.92. The first-order valence-electron chi connectivity index (χ1n) is 11.0. The van der Waals surface area contributed by atoms with Crippen molar-refractivity contribution in [1.82, 2.24) is 9.80 Å². The molecule has 0 aromatic heterocycles. The van der Waals surface area contributed by atoms with Gasteiger partial charge in [0.2, 0.25) is 17.7 Å². The van der Waals surface area contributed by atoms with E-state index < -0.39 is 6.04 Å². The smallest absolute Gasteiger partial charge is 0.246 e. The van der Waals surface area contributed by atoms with E-state index in [1.807, 2.05) is 39.0 Å². The molecule has 4 rings (SSSR count). The monoisotopic (exact) mass is 445 g/mol. The van der Waals surface area contributed by atoms with Crippen LogP contribution >= 0.6 is 11.8 Å². The van der Waals surface area contributed by atoms with Crippen LogP contribution in [0.3, 0.4) is 0 Å². The van der Waals surface area contributed by atoms with Crippen LogP contribution in [0.5, 0.6) is 0 Å². The molecule has 0 radical (unpaired) electrons. The molecule has 0 aliphatic carbocycles. The quantitative estimate of drug-likeness (QED) is 0.728. The number of nitrogens with one attached hydrogen (secondary N) is 1. The number of rotatable bonds is 6. The Hall–Kier alpha value is -2.06. The molecule has 7 nitrogen and oxygen atoms in total. The van der Waals surface area contributed by atoms with Gasteiger partial charge in [-0.1, -0.05) is 12.1 Å². The van der Waals surface area contributed by atoms with Crippen molar-refractivity contribution in [2.75, 3.05) is 30.8 Å². The maximum absolute atomic E-state index is 13.6. The molecule has 1 aromatic carbocycles. The van der Waals surface area contributed by atoms with E-state index in [-0.39, 0.29) is 35.2 Å². The van der Waals surface area contributed by atoms with E-state index in [1.165, 1.54) is 0 Å². The molecule has 3 amide bonds. The lowest BCUT2D eigenvalue weighted by atomic mass is 10.1. The fourth-order valence-electron chi connectivity index (χ4n) is 4.73. The fraction of sp³-hybridized carbons (Fsp3) is 0.609. The van der Waals surface area contributed by atoms with E-state index in [2.05, 4.69) is 5.32 Å². The number of anilines is 1. The first-order valence-corrected chi connectivity index (χ1v) is 12.0. The molecule has 8 heteroatoms. The van der Waals surface area contributed by atoms with Crippen molar-refractivity contribution in [2.45, 2.75) is 63.5 Å². The topological polar surface area (TPSA) is 79.0 Å². The molecule has 31 heavy (non-hydrogen) atoms. The van der Waals surface area contributed by atoms with Crippen LogP contribution in [-0.2, 0) is 19.1 Å². The first kappa shape index (κ1) is 22.1. The summed E-state index contributed by atoms with van der Waals surface area (Å²) in [4.78, 5) is 42.0. The maximum Gasteiger partial charge on any atom is 0.246 e. The lowest BCUT2D eigenvalue weighted by molar-refractivity contribution is -0.145. The minimum absolute atomic E-state index is 0.0303. The molecule has 0 saturated carbocycles. The van der Waals surface area contributed by atoms with Crippen LogP contribution in [-0.4, -0.2) is 70.0 Å². The maximum atomic E-state index is 13.6. The highest BCUT2D eigenvalue weighted by atomic mass is 32.2. The minimum atomic E-state index is -0.514. The molecule has 3 aliphatic rings. The molecular weight excluding hydrogens is 414 g/mol. The highest BCUT2D eigenvalue weighted by Crippen LogP contribution is 2.47. The third kappa shape index (κ3) is 4.46. The molecule has 3 unspecified atom stereocenters. The fourth-order valence-corrected chi connectivity index (χ4v) is 6.15. The summed E-state index contributed by atoms with van der Waals surface area (Å²) in [5.41, 5.74) is 2.87. The summed E-state index contributed by atoms with van der Waals surface area (Å²) in [5, 5.41) is 2.96. The average Bonchev–Trinajstić information content (AvgIpc) is 3.43. The van der Waals surface area contributed by atoms with Crippen LogP contribution < -0.4 is 5.32 Å². The number of aryl methyl sites for hydroxylation is 1. The number of fused-ring (bicyclic) bond motifs is 1. The molecule has 1 N–H and O–H groups in total. The van der Waals surface area contributed by atoms with Crippen molar-refractivity contribution >= 4 is 35.2 Å². The number of carbonyl (C=O) groups is 3. The van der Waals surface area contributed by atoms with Gasteiger partial charge in [0.05, 0.1) is 11.0 Å².